The van der Waals surface area contributed by atoms with Gasteiger partial charge < -0.3 is 0 Å². The van der Waals surface area contributed by atoms with Crippen molar-refractivity contribution in [2.24, 2.45) is 0 Å². The molecule has 5 nitrogen and oxygen atoms in total. The molecule has 0 aliphatic heterocycles. The summed E-state index contributed by atoms with van der Waals surface area (Å²) >= 11 is -0.203. The van der Waals surface area contributed by atoms with Crippen LogP contribution in [0.15, 0.2) is 24.3 Å². The van der Waals surface area contributed by atoms with Gasteiger partial charge in [0.2, 0.25) is 0 Å². The van der Waals surface area contributed by atoms with Gasteiger partial charge in [0.05, 0.1) is 0 Å². The summed E-state index contributed by atoms with van der Waals surface area (Å²) in [4.78, 5) is 23.7. The van der Waals surface area contributed by atoms with Crippen molar-refractivity contribution in [2.45, 2.75) is 12.8 Å². The van der Waals surface area contributed by atoms with E-state index in [1.54, 1.807) is 24.3 Å². The molecule has 1 rings (SSSR count). The van der Waals surface area contributed by atoms with Gasteiger partial charge in [-0.25, -0.2) is 0 Å². The Morgan fingerprint density at radius 1 is 1.29 bits per heavy atom. The summed E-state index contributed by atoms with van der Waals surface area (Å²) in [5, 5.41) is 19.5. The van der Waals surface area contributed by atoms with Crippen molar-refractivity contribution in [1.29, 1.82) is 5.26 Å². The van der Waals surface area contributed by atoms with Crippen LogP contribution in [0.3, 0.4) is 0 Å². The van der Waals surface area contributed by atoms with E-state index >= 15 is 0 Å². The average Bonchev–Trinajstić information content (AvgIpc) is 2.29. The average molecular weight is 297 g/mol. The summed E-state index contributed by atoms with van der Waals surface area (Å²) in [5.41, 5.74) is 0.609. The first kappa shape index (κ1) is 13.2. The van der Waals surface area contributed by atoms with E-state index in [4.69, 9.17) is 10.4 Å². The molecular formula is C11H10N2O3Se. The fourth-order valence-corrected chi connectivity index (χ4v) is 1.90. The molecule has 1 amide bonds. The van der Waals surface area contributed by atoms with Crippen LogP contribution < -0.4 is 9.78 Å². The van der Waals surface area contributed by atoms with E-state index in [2.05, 4.69) is 10.3 Å². The number of carboxylic acids is 1. The van der Waals surface area contributed by atoms with E-state index in [0.29, 0.717) is 5.69 Å². The Morgan fingerprint density at radius 2 is 1.94 bits per heavy atom. The molecule has 0 aliphatic carbocycles. The summed E-state index contributed by atoms with van der Waals surface area (Å²) < 4.78 is 0.934. The Hall–Kier alpha value is -1.83. The zero-order valence-corrected chi connectivity index (χ0v) is 10.6. The van der Waals surface area contributed by atoms with Gasteiger partial charge in [0.25, 0.3) is 0 Å². The number of nitriles is 1. The monoisotopic (exact) mass is 298 g/mol. The Bertz CT molecular complexity index is 451. The van der Waals surface area contributed by atoms with Crippen molar-refractivity contribution in [2.75, 3.05) is 5.32 Å². The molecule has 0 aromatic heterocycles. The van der Waals surface area contributed by atoms with Gasteiger partial charge in [-0.05, 0) is 0 Å². The van der Waals surface area contributed by atoms with Gasteiger partial charge in [-0.1, -0.05) is 0 Å². The van der Waals surface area contributed by atoms with Crippen LogP contribution in [0.1, 0.15) is 12.8 Å². The van der Waals surface area contributed by atoms with Gasteiger partial charge in [0.15, 0.2) is 0 Å². The number of carbonyl (C=O) groups is 2. The molecule has 17 heavy (non-hydrogen) atoms. The summed E-state index contributed by atoms with van der Waals surface area (Å²) in [5.74, 6) is -1.32. The van der Waals surface area contributed by atoms with Crippen LogP contribution in [-0.4, -0.2) is 31.9 Å². The third kappa shape index (κ3) is 5.16. The number of hydrogen-bond donors (Lipinski definition) is 2. The molecule has 0 saturated carbocycles. The Morgan fingerprint density at radius 3 is 2.47 bits per heavy atom. The van der Waals surface area contributed by atoms with Crippen molar-refractivity contribution >= 4 is 37.0 Å². The van der Waals surface area contributed by atoms with Gasteiger partial charge in [-0.15, -0.1) is 0 Å². The van der Waals surface area contributed by atoms with E-state index in [-0.39, 0.29) is 33.7 Å². The first-order valence-electron chi connectivity index (χ1n) is 4.79. The molecule has 88 valence electrons. The molecule has 0 unspecified atom stereocenters. The fraction of sp³-hybridized carbons (Fsp3) is 0.182. The van der Waals surface area contributed by atoms with Crippen LogP contribution in [0.25, 0.3) is 0 Å². The second-order valence-electron chi connectivity index (χ2n) is 3.16. The molecule has 0 fully saturated rings. The van der Waals surface area contributed by atoms with Crippen LogP contribution >= 0.6 is 0 Å². The standard InChI is InChI=1S/C11H10N2O3Se/c12-7-17-9-3-1-8(2-4-9)13-10(14)5-6-11(15)16/h1-4H,5-6H2,(H,13,14)(H,15,16). The molecule has 0 spiro atoms. The number of amides is 1. The number of benzene rings is 1. The van der Waals surface area contributed by atoms with Crippen molar-refractivity contribution in [3.8, 4) is 4.97 Å². The van der Waals surface area contributed by atoms with Crippen LogP contribution in [0, 0.1) is 10.2 Å². The minimum absolute atomic E-state index is 0.0424. The van der Waals surface area contributed by atoms with Gasteiger partial charge in [0, 0.05) is 0 Å². The number of nitrogens with zero attached hydrogens (tertiary/aromatic N) is 1. The Balaban J connectivity index is 2.49. The van der Waals surface area contributed by atoms with E-state index in [9.17, 15) is 9.59 Å². The molecule has 0 saturated heterocycles. The van der Waals surface area contributed by atoms with Crippen LogP contribution in [0.2, 0.25) is 0 Å². The zero-order chi connectivity index (χ0) is 12.7. The molecular weight excluding hydrogens is 287 g/mol. The number of rotatable bonds is 5. The number of carboxylic acid groups (broad SMARTS) is 1. The maximum atomic E-state index is 11.3. The Kier molecular flexibility index (Phi) is 5.21. The normalized spacial score (nSPS) is 9.35. The van der Waals surface area contributed by atoms with Crippen LogP contribution in [0.4, 0.5) is 5.69 Å². The second-order valence-corrected chi connectivity index (χ2v) is 4.96. The van der Waals surface area contributed by atoms with E-state index in [0.717, 1.165) is 4.46 Å². The topological polar surface area (TPSA) is 90.2 Å². The first-order chi connectivity index (χ1) is 8.11. The van der Waals surface area contributed by atoms with Crippen molar-refractivity contribution < 1.29 is 14.7 Å². The molecule has 0 radical (unpaired) electrons. The van der Waals surface area contributed by atoms with E-state index < -0.39 is 5.97 Å². The number of nitrogens with one attached hydrogen (secondary N) is 1. The van der Waals surface area contributed by atoms with Gasteiger partial charge in [0.1, 0.15) is 0 Å². The first-order valence-corrected chi connectivity index (χ1v) is 6.51. The van der Waals surface area contributed by atoms with Crippen LogP contribution in [-0.2, 0) is 9.59 Å². The third-order valence-corrected chi connectivity index (χ3v) is 3.12. The number of aliphatic carboxylic acids is 1. The van der Waals surface area contributed by atoms with E-state index in [1.807, 2.05) is 0 Å². The predicted molar refractivity (Wildman–Crippen MR) is 62.9 cm³/mol. The quantitative estimate of drug-likeness (QED) is 0.765. The molecule has 0 atom stereocenters. The zero-order valence-electron chi connectivity index (χ0n) is 8.84. The van der Waals surface area contributed by atoms with Gasteiger partial charge in [-0.2, -0.15) is 0 Å². The summed E-state index contributed by atoms with van der Waals surface area (Å²) in [6, 6.07) is 6.95. The predicted octanol–water partition coefficient (Wildman–Crippen LogP) is 0.300. The molecule has 0 aliphatic rings. The molecule has 0 bridgehead atoms. The number of hydrogen-bond acceptors (Lipinski definition) is 3. The summed E-state index contributed by atoms with van der Waals surface area (Å²) in [6.45, 7) is 0. The SMILES string of the molecule is N#C[Se]c1ccc(NC(=O)CCC(=O)O)cc1. The van der Waals surface area contributed by atoms with Crippen molar-refractivity contribution in [3.05, 3.63) is 24.3 Å². The molecule has 1 aromatic rings. The Labute approximate surface area is 105 Å². The summed E-state index contributed by atoms with van der Waals surface area (Å²) in [6.07, 6.45) is -0.222. The second kappa shape index (κ2) is 6.69. The maximum absolute atomic E-state index is 11.3. The van der Waals surface area contributed by atoms with Crippen molar-refractivity contribution in [3.63, 3.8) is 0 Å². The van der Waals surface area contributed by atoms with Gasteiger partial charge in [-0.3, -0.25) is 0 Å². The number of carbonyl (C=O) groups excluding carboxylic acids is 1. The molecule has 6 heteroatoms. The van der Waals surface area contributed by atoms with Crippen molar-refractivity contribution in [1.82, 2.24) is 0 Å². The van der Waals surface area contributed by atoms with E-state index in [1.165, 1.54) is 0 Å². The van der Waals surface area contributed by atoms with Gasteiger partial charge >= 0.3 is 104 Å². The third-order valence-electron chi connectivity index (χ3n) is 1.87. The molecule has 0 heterocycles. The molecule has 1 aromatic carbocycles. The number of anilines is 1. The summed E-state index contributed by atoms with van der Waals surface area (Å²) in [7, 11) is 0. The fourth-order valence-electron chi connectivity index (χ4n) is 1.10. The minimum atomic E-state index is -0.993. The molecule has 2 N–H and O–H groups in total. The van der Waals surface area contributed by atoms with Crippen LogP contribution in [0.5, 0.6) is 0 Å².